The molecule has 3 aromatic rings. The van der Waals surface area contributed by atoms with Crippen LogP contribution < -0.4 is 5.32 Å². The van der Waals surface area contributed by atoms with Crippen LogP contribution in [0.15, 0.2) is 30.5 Å². The van der Waals surface area contributed by atoms with E-state index in [0.717, 1.165) is 5.82 Å². The Morgan fingerprint density at radius 3 is 2.59 bits per heavy atom. The molecule has 1 amide bonds. The summed E-state index contributed by atoms with van der Waals surface area (Å²) in [6, 6.07) is 6.82. The minimum absolute atomic E-state index is 0.280. The summed E-state index contributed by atoms with van der Waals surface area (Å²) in [5.74, 6) is 0.435. The van der Waals surface area contributed by atoms with E-state index >= 15 is 0 Å². The van der Waals surface area contributed by atoms with Gasteiger partial charge < -0.3 is 9.88 Å². The second kappa shape index (κ2) is 5.59. The summed E-state index contributed by atoms with van der Waals surface area (Å²) >= 11 is 12.1. The Morgan fingerprint density at radius 1 is 1.23 bits per heavy atom. The average molecular weight is 335 g/mol. The first-order valence-electron chi connectivity index (χ1n) is 6.52. The number of halogens is 2. The summed E-state index contributed by atoms with van der Waals surface area (Å²) in [5.41, 5.74) is 2.07. The van der Waals surface area contributed by atoms with Crippen molar-refractivity contribution in [3.8, 4) is 0 Å². The van der Waals surface area contributed by atoms with Crippen LogP contribution in [0, 0.1) is 6.92 Å². The van der Waals surface area contributed by atoms with Gasteiger partial charge in [0.2, 0.25) is 0 Å². The van der Waals surface area contributed by atoms with Crippen LogP contribution in [0.1, 0.15) is 16.2 Å². The van der Waals surface area contributed by atoms with E-state index in [2.05, 4.69) is 15.3 Å². The molecule has 1 aromatic carbocycles. The maximum Gasteiger partial charge on any atom is 0.258 e. The maximum atomic E-state index is 12.4. The third kappa shape index (κ3) is 2.53. The van der Waals surface area contributed by atoms with E-state index < -0.39 is 0 Å². The van der Waals surface area contributed by atoms with Crippen molar-refractivity contribution in [2.45, 2.75) is 6.92 Å². The molecule has 0 aliphatic carbocycles. The monoisotopic (exact) mass is 334 g/mol. The lowest BCUT2D eigenvalue weighted by Gasteiger charge is -2.07. The fraction of sp³-hybridized carbons (Fsp3) is 0.133. The van der Waals surface area contributed by atoms with Crippen molar-refractivity contribution in [3.63, 3.8) is 0 Å². The molecule has 0 atom stereocenters. The van der Waals surface area contributed by atoms with Gasteiger partial charge in [-0.25, -0.2) is 9.97 Å². The number of fused-ring (bicyclic) bond motifs is 1. The van der Waals surface area contributed by atoms with Crippen molar-refractivity contribution in [2.24, 2.45) is 7.05 Å². The quantitative estimate of drug-likeness (QED) is 0.774. The predicted octanol–water partition coefficient (Wildman–Crippen LogP) is 3.84. The number of amides is 1. The van der Waals surface area contributed by atoms with Crippen LogP contribution >= 0.6 is 23.2 Å². The minimum atomic E-state index is -0.343. The highest BCUT2D eigenvalue weighted by Crippen LogP contribution is 2.26. The minimum Gasteiger partial charge on any atom is -0.322 e. The Hall–Kier alpha value is -2.11. The molecule has 0 aliphatic rings. The van der Waals surface area contributed by atoms with Gasteiger partial charge in [0, 0.05) is 24.0 Å². The number of anilines is 1. The van der Waals surface area contributed by atoms with E-state index in [1.54, 1.807) is 24.3 Å². The second-order valence-corrected chi connectivity index (χ2v) is 5.65. The zero-order chi connectivity index (χ0) is 15.9. The summed E-state index contributed by atoms with van der Waals surface area (Å²) < 4.78 is 1.82. The number of hydrogen-bond donors (Lipinski definition) is 1. The number of nitrogens with zero attached hydrogens (tertiary/aromatic N) is 3. The molecule has 0 saturated carbocycles. The zero-order valence-electron chi connectivity index (χ0n) is 11.9. The van der Waals surface area contributed by atoms with Crippen molar-refractivity contribution in [3.05, 3.63) is 51.9 Å². The van der Waals surface area contributed by atoms with Gasteiger partial charge in [-0.2, -0.15) is 0 Å². The van der Waals surface area contributed by atoms with Crippen LogP contribution in [0.25, 0.3) is 11.2 Å². The van der Waals surface area contributed by atoms with Gasteiger partial charge in [0.1, 0.15) is 11.3 Å². The van der Waals surface area contributed by atoms with Crippen LogP contribution in [0.4, 0.5) is 5.69 Å². The van der Waals surface area contributed by atoms with Crippen LogP contribution in [-0.2, 0) is 7.05 Å². The van der Waals surface area contributed by atoms with Crippen molar-refractivity contribution in [1.82, 2.24) is 14.5 Å². The molecule has 0 aliphatic heterocycles. The van der Waals surface area contributed by atoms with E-state index in [9.17, 15) is 4.79 Å². The first-order chi connectivity index (χ1) is 10.5. The molecule has 2 heterocycles. The van der Waals surface area contributed by atoms with Crippen LogP contribution in [0.3, 0.4) is 0 Å². The highest BCUT2D eigenvalue weighted by Gasteiger charge is 2.18. The van der Waals surface area contributed by atoms with E-state index in [4.69, 9.17) is 23.2 Å². The third-order valence-electron chi connectivity index (χ3n) is 3.40. The highest BCUT2D eigenvalue weighted by atomic mass is 35.5. The lowest BCUT2D eigenvalue weighted by molar-refractivity contribution is 0.102. The van der Waals surface area contributed by atoms with Crippen LogP contribution in [-0.4, -0.2) is 20.4 Å². The number of carbonyl (C=O) groups is 1. The fourth-order valence-corrected chi connectivity index (χ4v) is 2.48. The molecule has 0 spiro atoms. The summed E-state index contributed by atoms with van der Waals surface area (Å²) in [4.78, 5) is 21.0. The first-order valence-corrected chi connectivity index (χ1v) is 7.27. The molecule has 0 saturated heterocycles. The fourth-order valence-electron chi connectivity index (χ4n) is 2.09. The number of rotatable bonds is 2. The Bertz CT molecular complexity index is 871. The lowest BCUT2D eigenvalue weighted by Crippen LogP contribution is -2.13. The van der Waals surface area contributed by atoms with Gasteiger partial charge in [0.05, 0.1) is 10.6 Å². The highest BCUT2D eigenvalue weighted by molar-refractivity contribution is 6.38. The molecule has 1 N–H and O–H groups in total. The number of benzene rings is 1. The van der Waals surface area contributed by atoms with Gasteiger partial charge >= 0.3 is 0 Å². The van der Waals surface area contributed by atoms with Crippen LogP contribution in [0.5, 0.6) is 0 Å². The molecule has 0 bridgehead atoms. The molecule has 5 nitrogen and oxygen atoms in total. The molecule has 7 heteroatoms. The van der Waals surface area contributed by atoms with Crippen molar-refractivity contribution in [2.75, 3.05) is 5.32 Å². The number of carbonyl (C=O) groups excluding carboxylic acids is 1. The molecule has 0 fully saturated rings. The summed E-state index contributed by atoms with van der Waals surface area (Å²) in [6.45, 7) is 1.85. The molecule has 3 rings (SSSR count). The largest absolute Gasteiger partial charge is 0.322 e. The molecule has 112 valence electrons. The normalized spacial score (nSPS) is 10.9. The van der Waals surface area contributed by atoms with Gasteiger partial charge in [0.15, 0.2) is 5.65 Å². The summed E-state index contributed by atoms with van der Waals surface area (Å²) in [5, 5.41) is 3.65. The Kier molecular flexibility index (Phi) is 3.76. The number of aryl methyl sites for hydroxylation is 2. The van der Waals surface area contributed by atoms with Gasteiger partial charge in [-0.15, -0.1) is 0 Å². The molecule has 2 aromatic heterocycles. The van der Waals surface area contributed by atoms with Crippen molar-refractivity contribution < 1.29 is 4.79 Å². The topological polar surface area (TPSA) is 59.8 Å². The average Bonchev–Trinajstić information content (AvgIpc) is 2.78. The Labute approximate surface area is 136 Å². The number of pyridine rings is 1. The molecule has 0 unspecified atom stereocenters. The second-order valence-electron chi connectivity index (χ2n) is 4.84. The molecule has 22 heavy (non-hydrogen) atoms. The smallest absolute Gasteiger partial charge is 0.258 e. The number of hydrogen-bond acceptors (Lipinski definition) is 3. The number of nitrogens with one attached hydrogen (secondary N) is 1. The summed E-state index contributed by atoms with van der Waals surface area (Å²) in [6.07, 6.45) is 1.46. The molecular formula is C15H12Cl2N4O. The van der Waals surface area contributed by atoms with Crippen LogP contribution in [0.2, 0.25) is 10.0 Å². The van der Waals surface area contributed by atoms with E-state index in [1.807, 2.05) is 18.5 Å². The standard InChI is InChI=1S/C15H12Cl2N4O/c1-8-19-13-12(17)11(7-18-14(13)21(8)2)15(22)20-10-5-3-9(16)4-6-10/h3-7H,1-2H3,(H,20,22). The third-order valence-corrected chi connectivity index (χ3v) is 4.03. The van der Waals surface area contributed by atoms with E-state index in [-0.39, 0.29) is 11.5 Å². The maximum absolute atomic E-state index is 12.4. The van der Waals surface area contributed by atoms with Crippen molar-refractivity contribution >= 4 is 46.0 Å². The Balaban J connectivity index is 1.97. The van der Waals surface area contributed by atoms with Gasteiger partial charge in [-0.3, -0.25) is 4.79 Å². The van der Waals surface area contributed by atoms with Crippen molar-refractivity contribution in [1.29, 1.82) is 0 Å². The van der Waals surface area contributed by atoms with E-state index in [0.29, 0.717) is 26.9 Å². The van der Waals surface area contributed by atoms with Gasteiger partial charge in [-0.1, -0.05) is 23.2 Å². The first kappa shape index (κ1) is 14.8. The zero-order valence-corrected chi connectivity index (χ0v) is 13.4. The molecular weight excluding hydrogens is 323 g/mol. The van der Waals surface area contributed by atoms with Gasteiger partial charge in [-0.05, 0) is 31.2 Å². The molecule has 0 radical (unpaired) electrons. The number of aromatic nitrogens is 3. The SMILES string of the molecule is Cc1nc2c(Cl)c(C(=O)Nc3ccc(Cl)cc3)cnc2n1C. The Morgan fingerprint density at radius 2 is 1.91 bits per heavy atom. The number of imidazole rings is 1. The summed E-state index contributed by atoms with van der Waals surface area (Å²) in [7, 11) is 1.85. The van der Waals surface area contributed by atoms with Gasteiger partial charge in [0.25, 0.3) is 5.91 Å². The predicted molar refractivity (Wildman–Crippen MR) is 87.7 cm³/mol. The lowest BCUT2D eigenvalue weighted by atomic mass is 10.2. The van der Waals surface area contributed by atoms with E-state index in [1.165, 1.54) is 6.20 Å².